The molecule has 1 aromatic heterocycles. The highest BCUT2D eigenvalue weighted by Gasteiger charge is 2.09. The number of H-pyrrole nitrogens is 1. The quantitative estimate of drug-likeness (QED) is 0.824. The zero-order valence-corrected chi connectivity index (χ0v) is 9.57. The van der Waals surface area contributed by atoms with Crippen molar-refractivity contribution < 1.29 is 0 Å². The Morgan fingerprint density at radius 3 is 2.56 bits per heavy atom. The summed E-state index contributed by atoms with van der Waals surface area (Å²) in [4.78, 5) is 9.39. The molecular weight excluding hydrogens is 200 g/mol. The van der Waals surface area contributed by atoms with Crippen LogP contribution in [0.1, 0.15) is 11.4 Å². The number of aromatic nitrogens is 2. The first-order valence-corrected chi connectivity index (χ1v) is 5.24. The molecule has 0 aliphatic rings. The second-order valence-electron chi connectivity index (χ2n) is 3.90. The molecule has 2 rings (SSSR count). The Balaban J connectivity index is 2.14. The number of benzene rings is 1. The number of nitrogen functional groups attached to an aromatic ring is 1. The zero-order valence-electron chi connectivity index (χ0n) is 9.57. The lowest BCUT2D eigenvalue weighted by atomic mass is 10.2. The van der Waals surface area contributed by atoms with E-state index in [1.807, 2.05) is 37.1 Å². The molecule has 4 heteroatoms. The predicted octanol–water partition coefficient (Wildman–Crippen LogP) is 1.94. The van der Waals surface area contributed by atoms with Crippen LogP contribution in [0, 0.1) is 6.92 Å². The number of aryl methyl sites for hydroxylation is 1. The van der Waals surface area contributed by atoms with Crippen LogP contribution in [-0.4, -0.2) is 17.0 Å². The van der Waals surface area contributed by atoms with Gasteiger partial charge < -0.3 is 15.6 Å². The van der Waals surface area contributed by atoms with Gasteiger partial charge in [0.15, 0.2) is 5.82 Å². The molecule has 0 amide bonds. The Kier molecular flexibility index (Phi) is 2.81. The van der Waals surface area contributed by atoms with Crippen LogP contribution in [0.5, 0.6) is 0 Å². The highest BCUT2D eigenvalue weighted by molar-refractivity contribution is 5.58. The minimum atomic E-state index is 0.621. The lowest BCUT2D eigenvalue weighted by Crippen LogP contribution is -2.17. The van der Waals surface area contributed by atoms with E-state index >= 15 is 0 Å². The van der Waals surface area contributed by atoms with E-state index in [1.54, 1.807) is 0 Å². The minimum Gasteiger partial charge on any atom is -0.382 e. The number of hydrogen-bond acceptors (Lipinski definition) is 3. The number of rotatable bonds is 3. The Bertz CT molecular complexity index is 461. The van der Waals surface area contributed by atoms with Gasteiger partial charge in [0.2, 0.25) is 0 Å². The van der Waals surface area contributed by atoms with Crippen LogP contribution in [-0.2, 0) is 6.54 Å². The van der Waals surface area contributed by atoms with Crippen molar-refractivity contribution in [1.82, 2.24) is 9.97 Å². The second-order valence-corrected chi connectivity index (χ2v) is 3.90. The van der Waals surface area contributed by atoms with Gasteiger partial charge in [-0.15, -0.1) is 0 Å². The fraction of sp³-hybridized carbons (Fsp3) is 0.250. The molecule has 3 N–H and O–H groups in total. The highest BCUT2D eigenvalue weighted by Crippen LogP contribution is 2.19. The molecule has 0 radical (unpaired) electrons. The molecule has 0 saturated carbocycles. The first-order chi connectivity index (χ1) is 7.66. The maximum atomic E-state index is 5.84. The van der Waals surface area contributed by atoms with E-state index in [9.17, 15) is 0 Å². The number of imidazole rings is 1. The van der Waals surface area contributed by atoms with E-state index in [4.69, 9.17) is 5.73 Å². The van der Waals surface area contributed by atoms with E-state index < -0.39 is 0 Å². The summed E-state index contributed by atoms with van der Waals surface area (Å²) in [6, 6.07) is 10.2. The molecule has 0 bridgehead atoms. The van der Waals surface area contributed by atoms with Crippen LogP contribution >= 0.6 is 0 Å². The fourth-order valence-electron chi connectivity index (χ4n) is 1.72. The number of aromatic amines is 1. The first kappa shape index (κ1) is 10.5. The Morgan fingerprint density at radius 1 is 1.31 bits per heavy atom. The average Bonchev–Trinajstić information content (AvgIpc) is 2.59. The summed E-state index contributed by atoms with van der Waals surface area (Å²) in [6.45, 7) is 2.70. The molecule has 0 aliphatic carbocycles. The molecule has 0 spiro atoms. The van der Waals surface area contributed by atoms with Gasteiger partial charge in [0.1, 0.15) is 11.6 Å². The summed E-state index contributed by atoms with van der Waals surface area (Å²) < 4.78 is 0. The van der Waals surface area contributed by atoms with Crippen molar-refractivity contribution in [3.8, 4) is 0 Å². The molecule has 84 valence electrons. The molecule has 0 saturated heterocycles. The van der Waals surface area contributed by atoms with Crippen LogP contribution in [0.4, 0.5) is 11.6 Å². The number of nitrogens with one attached hydrogen (secondary N) is 1. The number of anilines is 2. The molecule has 0 aliphatic heterocycles. The molecule has 2 aromatic rings. The summed E-state index contributed by atoms with van der Waals surface area (Å²) in [5.74, 6) is 2.27. The first-order valence-electron chi connectivity index (χ1n) is 5.24. The summed E-state index contributed by atoms with van der Waals surface area (Å²) in [7, 11) is 1.99. The molecule has 4 nitrogen and oxygen atoms in total. The van der Waals surface area contributed by atoms with Crippen LogP contribution in [0.2, 0.25) is 0 Å². The zero-order chi connectivity index (χ0) is 11.5. The maximum absolute atomic E-state index is 5.84. The SMILES string of the molecule is Cc1nc(N(C)Cc2ccccc2)c(N)[nH]1. The lowest BCUT2D eigenvalue weighted by molar-refractivity contribution is 0.903. The molecule has 0 atom stereocenters. The van der Waals surface area contributed by atoms with Crippen molar-refractivity contribution in [2.45, 2.75) is 13.5 Å². The van der Waals surface area contributed by atoms with Gasteiger partial charge in [0.25, 0.3) is 0 Å². The third-order valence-electron chi connectivity index (χ3n) is 2.45. The van der Waals surface area contributed by atoms with Gasteiger partial charge in [-0.2, -0.15) is 0 Å². The van der Waals surface area contributed by atoms with E-state index in [0.717, 1.165) is 18.2 Å². The molecule has 16 heavy (non-hydrogen) atoms. The van der Waals surface area contributed by atoms with Gasteiger partial charge >= 0.3 is 0 Å². The van der Waals surface area contributed by atoms with Crippen LogP contribution in [0.3, 0.4) is 0 Å². The fourth-order valence-corrected chi connectivity index (χ4v) is 1.72. The second kappa shape index (κ2) is 4.26. The van der Waals surface area contributed by atoms with Gasteiger partial charge in [-0.1, -0.05) is 30.3 Å². The Morgan fingerprint density at radius 2 is 2.00 bits per heavy atom. The molecule has 0 fully saturated rings. The molecule has 0 unspecified atom stereocenters. The van der Waals surface area contributed by atoms with Gasteiger partial charge in [-0.25, -0.2) is 4.98 Å². The molecule has 1 aromatic carbocycles. The summed E-state index contributed by atoms with van der Waals surface area (Å²) in [5, 5.41) is 0. The van der Waals surface area contributed by atoms with E-state index in [2.05, 4.69) is 22.1 Å². The van der Waals surface area contributed by atoms with Crippen molar-refractivity contribution >= 4 is 11.6 Å². The third-order valence-corrected chi connectivity index (χ3v) is 2.45. The maximum Gasteiger partial charge on any atom is 0.171 e. The lowest BCUT2D eigenvalue weighted by Gasteiger charge is -2.16. The summed E-state index contributed by atoms with van der Waals surface area (Å²) in [6.07, 6.45) is 0. The van der Waals surface area contributed by atoms with Gasteiger partial charge in [-0.3, -0.25) is 0 Å². The van der Waals surface area contributed by atoms with E-state index in [0.29, 0.717) is 5.82 Å². The number of nitrogens with two attached hydrogens (primary N) is 1. The van der Waals surface area contributed by atoms with Gasteiger partial charge in [0, 0.05) is 13.6 Å². The number of nitrogens with zero attached hydrogens (tertiary/aromatic N) is 2. The Labute approximate surface area is 95.1 Å². The third kappa shape index (κ3) is 2.16. The normalized spacial score (nSPS) is 10.4. The highest BCUT2D eigenvalue weighted by atomic mass is 15.2. The van der Waals surface area contributed by atoms with E-state index in [1.165, 1.54) is 5.56 Å². The van der Waals surface area contributed by atoms with Crippen molar-refractivity contribution in [1.29, 1.82) is 0 Å². The topological polar surface area (TPSA) is 57.9 Å². The standard InChI is InChI=1S/C12H16N4/c1-9-14-11(13)12(15-9)16(2)8-10-6-4-3-5-7-10/h3-7H,8,13H2,1-2H3,(H,14,15). The smallest absolute Gasteiger partial charge is 0.171 e. The van der Waals surface area contributed by atoms with Crippen molar-refractivity contribution in [2.24, 2.45) is 0 Å². The summed E-state index contributed by atoms with van der Waals surface area (Å²) >= 11 is 0. The average molecular weight is 216 g/mol. The van der Waals surface area contributed by atoms with Gasteiger partial charge in [-0.05, 0) is 12.5 Å². The van der Waals surface area contributed by atoms with Gasteiger partial charge in [0.05, 0.1) is 0 Å². The Hall–Kier alpha value is -1.97. The molecular formula is C12H16N4. The van der Waals surface area contributed by atoms with Crippen molar-refractivity contribution in [3.63, 3.8) is 0 Å². The monoisotopic (exact) mass is 216 g/mol. The van der Waals surface area contributed by atoms with E-state index in [-0.39, 0.29) is 0 Å². The van der Waals surface area contributed by atoms with Crippen LogP contribution in [0.25, 0.3) is 0 Å². The van der Waals surface area contributed by atoms with Crippen LogP contribution in [0.15, 0.2) is 30.3 Å². The van der Waals surface area contributed by atoms with Crippen molar-refractivity contribution in [3.05, 3.63) is 41.7 Å². The largest absolute Gasteiger partial charge is 0.382 e. The minimum absolute atomic E-state index is 0.621. The molecule has 1 heterocycles. The number of hydrogen-bond donors (Lipinski definition) is 2. The summed E-state index contributed by atoms with van der Waals surface area (Å²) in [5.41, 5.74) is 7.08. The predicted molar refractivity (Wildman–Crippen MR) is 66.3 cm³/mol. The van der Waals surface area contributed by atoms with Crippen LogP contribution < -0.4 is 10.6 Å². The van der Waals surface area contributed by atoms with Crippen molar-refractivity contribution in [2.75, 3.05) is 17.7 Å².